The third kappa shape index (κ3) is 3.42. The molecule has 0 unspecified atom stereocenters. The molecule has 0 atom stereocenters. The minimum Gasteiger partial charge on any atom is -0.374 e. The zero-order chi connectivity index (χ0) is 13.7. The Labute approximate surface area is 118 Å². The molecule has 2 aromatic rings. The first kappa shape index (κ1) is 13.8. The Hall–Kier alpha value is -1.67. The highest BCUT2D eigenvalue weighted by Gasteiger charge is 2.14. The fraction of sp³-hybridized carbons (Fsp3) is 0.273. The number of nitrogens with one attached hydrogen (secondary N) is 1. The molecule has 0 radical (unpaired) electrons. The van der Waals surface area contributed by atoms with Crippen LogP contribution in [0.2, 0.25) is 0 Å². The van der Waals surface area contributed by atoms with Gasteiger partial charge in [-0.15, -0.1) is 16.9 Å². The van der Waals surface area contributed by atoms with E-state index in [1.54, 1.807) is 18.2 Å². The molecule has 0 aliphatic rings. The van der Waals surface area contributed by atoms with Gasteiger partial charge in [0, 0.05) is 29.9 Å². The zero-order valence-electron chi connectivity index (χ0n) is 10.2. The van der Waals surface area contributed by atoms with Gasteiger partial charge in [0.1, 0.15) is 10.7 Å². The topological polar surface area (TPSA) is 81.0 Å². The number of rotatable bonds is 6. The molecule has 0 spiro atoms. The van der Waals surface area contributed by atoms with Crippen LogP contribution >= 0.6 is 23.3 Å². The van der Waals surface area contributed by atoms with E-state index in [0.717, 1.165) is 17.2 Å². The highest BCUT2D eigenvalue weighted by molar-refractivity contribution is 7.98. The Balaban J connectivity index is 2.10. The molecular formula is C11H12N4O2S2. The minimum atomic E-state index is -0.368. The average molecular weight is 296 g/mol. The van der Waals surface area contributed by atoms with Gasteiger partial charge in [-0.3, -0.25) is 10.1 Å². The highest BCUT2D eigenvalue weighted by atomic mass is 32.2. The van der Waals surface area contributed by atoms with Crippen molar-refractivity contribution < 1.29 is 4.92 Å². The number of nitro groups is 1. The molecule has 1 heterocycles. The molecule has 0 aliphatic heterocycles. The van der Waals surface area contributed by atoms with Gasteiger partial charge < -0.3 is 5.32 Å². The lowest BCUT2D eigenvalue weighted by Crippen LogP contribution is -1.97. The predicted molar refractivity (Wildman–Crippen MR) is 76.7 cm³/mol. The molecule has 100 valence electrons. The first-order valence-electron chi connectivity index (χ1n) is 5.63. The molecular weight excluding hydrogens is 284 g/mol. The maximum absolute atomic E-state index is 10.9. The van der Waals surface area contributed by atoms with E-state index in [0.29, 0.717) is 10.6 Å². The summed E-state index contributed by atoms with van der Waals surface area (Å²) in [4.78, 5) is 11.2. The second kappa shape index (κ2) is 6.48. The molecule has 0 saturated heterocycles. The molecule has 0 saturated carbocycles. The lowest BCUT2D eigenvalue weighted by molar-refractivity contribution is -0.387. The van der Waals surface area contributed by atoms with E-state index in [4.69, 9.17) is 0 Å². The van der Waals surface area contributed by atoms with Crippen molar-refractivity contribution in [2.24, 2.45) is 0 Å². The van der Waals surface area contributed by atoms with Gasteiger partial charge in [-0.05, 0) is 13.0 Å². The molecule has 1 aromatic carbocycles. The minimum absolute atomic E-state index is 0.126. The molecule has 0 bridgehead atoms. The van der Waals surface area contributed by atoms with E-state index >= 15 is 0 Å². The molecule has 6 nitrogen and oxygen atoms in total. The molecule has 1 aromatic heterocycles. The van der Waals surface area contributed by atoms with Crippen LogP contribution in [0.15, 0.2) is 29.2 Å². The van der Waals surface area contributed by atoms with E-state index < -0.39 is 0 Å². The highest BCUT2D eigenvalue weighted by Crippen LogP contribution is 2.32. The van der Waals surface area contributed by atoms with Crippen LogP contribution in [0.4, 0.5) is 10.7 Å². The summed E-state index contributed by atoms with van der Waals surface area (Å²) in [6.45, 7) is 2.80. The second-order valence-electron chi connectivity index (χ2n) is 3.59. The Bertz CT molecular complexity index is 573. The SMILES string of the molecule is CCNc1snnc1CSc1ccccc1[N+](=O)[O-]. The fourth-order valence-corrected chi connectivity index (χ4v) is 3.17. The number of thioether (sulfide) groups is 1. The van der Waals surface area contributed by atoms with Crippen molar-refractivity contribution in [3.63, 3.8) is 0 Å². The van der Waals surface area contributed by atoms with Crippen LogP contribution in [0.25, 0.3) is 0 Å². The first-order chi connectivity index (χ1) is 9.22. The Morgan fingerprint density at radius 1 is 1.47 bits per heavy atom. The molecule has 19 heavy (non-hydrogen) atoms. The lowest BCUT2D eigenvalue weighted by atomic mass is 10.3. The second-order valence-corrected chi connectivity index (χ2v) is 5.36. The van der Waals surface area contributed by atoms with Crippen molar-refractivity contribution in [3.8, 4) is 0 Å². The smallest absolute Gasteiger partial charge is 0.282 e. The Morgan fingerprint density at radius 3 is 3.00 bits per heavy atom. The van der Waals surface area contributed by atoms with Crippen molar-refractivity contribution >= 4 is 34.0 Å². The van der Waals surface area contributed by atoms with Crippen molar-refractivity contribution in [3.05, 3.63) is 40.1 Å². The summed E-state index contributed by atoms with van der Waals surface area (Å²) in [6.07, 6.45) is 0. The maximum atomic E-state index is 10.9. The normalized spacial score (nSPS) is 10.4. The summed E-state index contributed by atoms with van der Waals surface area (Å²) < 4.78 is 3.89. The van der Waals surface area contributed by atoms with Gasteiger partial charge in [0.25, 0.3) is 5.69 Å². The largest absolute Gasteiger partial charge is 0.374 e. The van der Waals surface area contributed by atoms with Gasteiger partial charge >= 0.3 is 0 Å². The number of para-hydroxylation sites is 1. The van der Waals surface area contributed by atoms with Crippen LogP contribution in [0.3, 0.4) is 0 Å². The van der Waals surface area contributed by atoms with E-state index in [1.807, 2.05) is 6.92 Å². The van der Waals surface area contributed by atoms with Crippen LogP contribution in [-0.2, 0) is 5.75 Å². The molecule has 2 rings (SSSR count). The fourth-order valence-electron chi connectivity index (χ4n) is 1.47. The summed E-state index contributed by atoms with van der Waals surface area (Å²) in [7, 11) is 0. The average Bonchev–Trinajstić information content (AvgIpc) is 2.84. The van der Waals surface area contributed by atoms with Crippen LogP contribution < -0.4 is 5.32 Å². The monoisotopic (exact) mass is 296 g/mol. The Morgan fingerprint density at radius 2 is 2.26 bits per heavy atom. The summed E-state index contributed by atoms with van der Waals surface area (Å²) in [5.41, 5.74) is 0.954. The number of hydrogen-bond acceptors (Lipinski definition) is 7. The van der Waals surface area contributed by atoms with Crippen molar-refractivity contribution in [1.82, 2.24) is 9.59 Å². The van der Waals surface area contributed by atoms with Crippen LogP contribution in [0.5, 0.6) is 0 Å². The zero-order valence-corrected chi connectivity index (χ0v) is 11.8. The summed E-state index contributed by atoms with van der Waals surface area (Å²) in [5, 5.41) is 19.0. The third-order valence-electron chi connectivity index (χ3n) is 2.32. The number of nitrogens with zero attached hydrogens (tertiary/aromatic N) is 3. The number of anilines is 1. The van der Waals surface area contributed by atoms with Gasteiger partial charge in [0.2, 0.25) is 0 Å². The van der Waals surface area contributed by atoms with E-state index in [-0.39, 0.29) is 10.6 Å². The summed E-state index contributed by atoms with van der Waals surface area (Å²) in [6, 6.07) is 6.71. The lowest BCUT2D eigenvalue weighted by Gasteiger charge is -2.03. The molecule has 0 amide bonds. The van der Waals surface area contributed by atoms with Crippen LogP contribution in [0.1, 0.15) is 12.6 Å². The van der Waals surface area contributed by atoms with Gasteiger partial charge in [-0.2, -0.15) is 0 Å². The third-order valence-corrected chi connectivity index (χ3v) is 4.12. The van der Waals surface area contributed by atoms with Gasteiger partial charge in [-0.25, -0.2) is 0 Å². The van der Waals surface area contributed by atoms with Gasteiger partial charge in [0.15, 0.2) is 0 Å². The number of hydrogen-bond donors (Lipinski definition) is 1. The van der Waals surface area contributed by atoms with Gasteiger partial charge in [0.05, 0.1) is 9.82 Å². The predicted octanol–water partition coefficient (Wildman–Crippen LogP) is 3.17. The first-order valence-corrected chi connectivity index (χ1v) is 7.39. The number of aromatic nitrogens is 2. The van der Waals surface area contributed by atoms with Crippen molar-refractivity contribution in [2.75, 3.05) is 11.9 Å². The maximum Gasteiger partial charge on any atom is 0.282 e. The molecule has 0 fully saturated rings. The number of benzene rings is 1. The molecule has 0 aliphatic carbocycles. The molecule has 8 heteroatoms. The van der Waals surface area contributed by atoms with E-state index in [2.05, 4.69) is 14.9 Å². The standard InChI is InChI=1S/C11H12N4O2S2/c1-2-12-11-8(13-14-19-11)7-18-10-6-4-3-5-9(10)15(16)17/h3-6,12H,2,7H2,1H3. The van der Waals surface area contributed by atoms with Gasteiger partial charge in [-0.1, -0.05) is 16.6 Å². The van der Waals surface area contributed by atoms with Crippen molar-refractivity contribution in [2.45, 2.75) is 17.6 Å². The quantitative estimate of drug-likeness (QED) is 0.501. The number of nitro benzene ring substituents is 1. The summed E-state index contributed by atoms with van der Waals surface area (Å²) in [5.74, 6) is 0.559. The van der Waals surface area contributed by atoms with E-state index in [1.165, 1.54) is 29.4 Å². The molecule has 1 N–H and O–H groups in total. The Kier molecular flexibility index (Phi) is 4.69. The van der Waals surface area contributed by atoms with E-state index in [9.17, 15) is 10.1 Å². The summed E-state index contributed by atoms with van der Waals surface area (Å²) >= 11 is 2.70. The van der Waals surface area contributed by atoms with Crippen molar-refractivity contribution in [1.29, 1.82) is 0 Å². The van der Waals surface area contributed by atoms with Crippen LogP contribution in [-0.4, -0.2) is 21.1 Å². The van der Waals surface area contributed by atoms with Crippen LogP contribution in [0, 0.1) is 10.1 Å².